The van der Waals surface area contributed by atoms with Gasteiger partial charge >= 0.3 is 0 Å². The van der Waals surface area contributed by atoms with Crippen LogP contribution in [0.2, 0.25) is 0 Å². The lowest BCUT2D eigenvalue weighted by Crippen LogP contribution is -2.39. The van der Waals surface area contributed by atoms with Crippen molar-refractivity contribution in [3.8, 4) is 0 Å². The molecular formula is C17H26O. The van der Waals surface area contributed by atoms with Crippen LogP contribution in [-0.4, -0.2) is 5.11 Å². The molecule has 3 unspecified atom stereocenters. The average Bonchev–Trinajstić information content (AvgIpc) is 2.29. The first-order valence-electron chi connectivity index (χ1n) is 7.15. The first kappa shape index (κ1) is 13.6. The van der Waals surface area contributed by atoms with Gasteiger partial charge in [0.25, 0.3) is 0 Å². The van der Waals surface area contributed by atoms with Crippen LogP contribution in [-0.2, 0) is 5.60 Å². The zero-order valence-electron chi connectivity index (χ0n) is 12.4. The van der Waals surface area contributed by atoms with E-state index in [2.05, 4.69) is 46.8 Å². The molecule has 1 heteroatoms. The van der Waals surface area contributed by atoms with E-state index in [-0.39, 0.29) is 0 Å². The summed E-state index contributed by atoms with van der Waals surface area (Å²) in [6, 6.07) is 4.42. The van der Waals surface area contributed by atoms with Gasteiger partial charge in [-0.1, -0.05) is 32.4 Å². The lowest BCUT2D eigenvalue weighted by molar-refractivity contribution is -0.0632. The Morgan fingerprint density at radius 3 is 2.28 bits per heavy atom. The minimum Gasteiger partial charge on any atom is -0.385 e. The summed E-state index contributed by atoms with van der Waals surface area (Å²) in [7, 11) is 0. The summed E-state index contributed by atoms with van der Waals surface area (Å²) in [5, 5.41) is 11.2. The molecule has 1 aliphatic rings. The third-order valence-corrected chi connectivity index (χ3v) is 4.87. The summed E-state index contributed by atoms with van der Waals surface area (Å²) in [4.78, 5) is 0. The third-order valence-electron chi connectivity index (χ3n) is 4.87. The van der Waals surface area contributed by atoms with E-state index in [9.17, 15) is 5.11 Å². The Hall–Kier alpha value is -0.820. The van der Waals surface area contributed by atoms with Gasteiger partial charge in [0.2, 0.25) is 0 Å². The standard InChI is InChI=1S/C17H26O/c1-11-6-7-15(5)17(18,10-11)16-9-13(3)12(2)8-14(16)4/h8-9,11,15,18H,6-7,10H2,1-5H3. The molecule has 2 rings (SSSR count). The normalized spacial score (nSPS) is 32.6. The van der Waals surface area contributed by atoms with E-state index < -0.39 is 5.60 Å². The topological polar surface area (TPSA) is 20.2 Å². The summed E-state index contributed by atoms with van der Waals surface area (Å²) in [6.07, 6.45) is 3.27. The summed E-state index contributed by atoms with van der Waals surface area (Å²) >= 11 is 0. The highest BCUT2D eigenvalue weighted by Gasteiger charge is 2.41. The Labute approximate surface area is 111 Å². The van der Waals surface area contributed by atoms with Crippen molar-refractivity contribution in [1.29, 1.82) is 0 Å². The van der Waals surface area contributed by atoms with Gasteiger partial charge in [-0.3, -0.25) is 0 Å². The molecule has 18 heavy (non-hydrogen) atoms. The molecule has 0 saturated heterocycles. The minimum atomic E-state index is -0.625. The Balaban J connectivity index is 2.48. The maximum atomic E-state index is 11.2. The van der Waals surface area contributed by atoms with Gasteiger partial charge in [0.15, 0.2) is 0 Å². The van der Waals surface area contributed by atoms with E-state index in [0.29, 0.717) is 11.8 Å². The summed E-state index contributed by atoms with van der Waals surface area (Å²) in [5.41, 5.74) is 4.37. The fourth-order valence-electron chi connectivity index (χ4n) is 3.41. The van der Waals surface area contributed by atoms with Gasteiger partial charge in [-0.15, -0.1) is 0 Å². The first-order chi connectivity index (χ1) is 8.34. The molecule has 1 aliphatic carbocycles. The average molecular weight is 246 g/mol. The van der Waals surface area contributed by atoms with Crippen LogP contribution < -0.4 is 0 Å². The van der Waals surface area contributed by atoms with Crippen LogP contribution in [0.15, 0.2) is 12.1 Å². The predicted molar refractivity (Wildman–Crippen MR) is 76.7 cm³/mol. The number of aryl methyl sites for hydroxylation is 3. The highest BCUT2D eigenvalue weighted by Crippen LogP contribution is 2.45. The Kier molecular flexibility index (Phi) is 3.55. The van der Waals surface area contributed by atoms with Crippen molar-refractivity contribution in [3.05, 3.63) is 34.4 Å². The van der Waals surface area contributed by atoms with Gasteiger partial charge in [0, 0.05) is 0 Å². The molecule has 0 spiro atoms. The van der Waals surface area contributed by atoms with Crippen molar-refractivity contribution in [2.24, 2.45) is 11.8 Å². The van der Waals surface area contributed by atoms with Crippen LogP contribution in [0.3, 0.4) is 0 Å². The molecule has 1 nitrogen and oxygen atoms in total. The maximum absolute atomic E-state index is 11.2. The first-order valence-corrected chi connectivity index (χ1v) is 7.15. The van der Waals surface area contributed by atoms with E-state index in [1.54, 1.807) is 0 Å². The van der Waals surface area contributed by atoms with E-state index in [0.717, 1.165) is 18.4 Å². The fraction of sp³-hybridized carbons (Fsp3) is 0.647. The number of aliphatic hydroxyl groups is 1. The molecule has 1 aromatic carbocycles. The lowest BCUT2D eigenvalue weighted by atomic mass is 9.67. The molecule has 1 saturated carbocycles. The minimum absolute atomic E-state index is 0.356. The molecule has 0 aromatic heterocycles. The fourth-order valence-corrected chi connectivity index (χ4v) is 3.41. The molecule has 0 heterocycles. The Morgan fingerprint density at radius 1 is 1.00 bits per heavy atom. The second-order valence-electron chi connectivity index (χ2n) is 6.46. The van der Waals surface area contributed by atoms with Crippen LogP contribution in [0.4, 0.5) is 0 Å². The molecule has 100 valence electrons. The van der Waals surface area contributed by atoms with Crippen molar-refractivity contribution in [1.82, 2.24) is 0 Å². The number of hydrogen-bond donors (Lipinski definition) is 1. The lowest BCUT2D eigenvalue weighted by Gasteiger charge is -2.42. The number of benzene rings is 1. The quantitative estimate of drug-likeness (QED) is 0.785. The van der Waals surface area contributed by atoms with Gasteiger partial charge < -0.3 is 5.11 Å². The highest BCUT2D eigenvalue weighted by atomic mass is 16.3. The largest absolute Gasteiger partial charge is 0.385 e. The van der Waals surface area contributed by atoms with Gasteiger partial charge in [-0.05, 0) is 67.7 Å². The molecular weight excluding hydrogens is 220 g/mol. The third kappa shape index (κ3) is 2.21. The van der Waals surface area contributed by atoms with E-state index in [1.165, 1.54) is 23.1 Å². The van der Waals surface area contributed by atoms with Crippen LogP contribution in [0.25, 0.3) is 0 Å². The van der Waals surface area contributed by atoms with E-state index in [4.69, 9.17) is 0 Å². The second kappa shape index (κ2) is 4.70. The van der Waals surface area contributed by atoms with Gasteiger partial charge in [-0.25, -0.2) is 0 Å². The van der Waals surface area contributed by atoms with E-state index >= 15 is 0 Å². The van der Waals surface area contributed by atoms with E-state index in [1.807, 2.05) is 0 Å². The SMILES string of the molecule is Cc1cc(C)c(C2(O)CC(C)CCC2C)cc1C. The predicted octanol–water partition coefficient (Wildman–Crippen LogP) is 4.26. The molecule has 1 N–H and O–H groups in total. The zero-order chi connectivity index (χ0) is 13.5. The summed E-state index contributed by atoms with van der Waals surface area (Å²) < 4.78 is 0. The maximum Gasteiger partial charge on any atom is 0.0927 e. The molecule has 1 fully saturated rings. The highest BCUT2D eigenvalue weighted by molar-refractivity contribution is 5.40. The van der Waals surface area contributed by atoms with Crippen molar-refractivity contribution in [2.45, 2.75) is 59.5 Å². The Morgan fingerprint density at radius 2 is 1.61 bits per heavy atom. The van der Waals surface area contributed by atoms with Gasteiger partial charge in [0.1, 0.15) is 0 Å². The van der Waals surface area contributed by atoms with Crippen molar-refractivity contribution in [2.75, 3.05) is 0 Å². The Bertz CT molecular complexity index is 449. The molecule has 0 bridgehead atoms. The summed E-state index contributed by atoms with van der Waals surface area (Å²) in [6.45, 7) is 10.9. The number of hydrogen-bond acceptors (Lipinski definition) is 1. The zero-order valence-corrected chi connectivity index (χ0v) is 12.4. The smallest absolute Gasteiger partial charge is 0.0927 e. The molecule has 0 amide bonds. The molecule has 0 radical (unpaired) electrons. The molecule has 0 aliphatic heterocycles. The van der Waals surface area contributed by atoms with Gasteiger partial charge in [0.05, 0.1) is 5.60 Å². The van der Waals surface area contributed by atoms with Crippen LogP contribution in [0.5, 0.6) is 0 Å². The van der Waals surface area contributed by atoms with Gasteiger partial charge in [-0.2, -0.15) is 0 Å². The van der Waals surface area contributed by atoms with Crippen LogP contribution in [0, 0.1) is 32.6 Å². The van der Waals surface area contributed by atoms with Crippen LogP contribution >= 0.6 is 0 Å². The van der Waals surface area contributed by atoms with Crippen molar-refractivity contribution >= 4 is 0 Å². The molecule has 3 atom stereocenters. The molecule has 1 aromatic rings. The number of rotatable bonds is 1. The summed E-state index contributed by atoms with van der Waals surface area (Å²) in [5.74, 6) is 0.974. The van der Waals surface area contributed by atoms with Crippen LogP contribution in [0.1, 0.15) is 55.4 Å². The van der Waals surface area contributed by atoms with Crippen molar-refractivity contribution < 1.29 is 5.11 Å². The second-order valence-corrected chi connectivity index (χ2v) is 6.46. The van der Waals surface area contributed by atoms with Crippen molar-refractivity contribution in [3.63, 3.8) is 0 Å². The monoisotopic (exact) mass is 246 g/mol.